The van der Waals surface area contributed by atoms with Gasteiger partial charge >= 0.3 is 0 Å². The highest BCUT2D eigenvalue weighted by Crippen LogP contribution is 2.32. The number of fused-ring (bicyclic) bond motifs is 1. The Balaban J connectivity index is 1.30. The Labute approximate surface area is 236 Å². The number of amides is 1. The zero-order chi connectivity index (χ0) is 28.2. The molecule has 5 heterocycles. The fourth-order valence-electron chi connectivity index (χ4n) is 5.24. The summed E-state index contributed by atoms with van der Waals surface area (Å²) in [7, 11) is 0. The maximum atomic E-state index is 12.9. The predicted molar refractivity (Wildman–Crippen MR) is 153 cm³/mol. The first-order valence-corrected chi connectivity index (χ1v) is 13.5. The number of hydrogen-bond donors (Lipinski definition) is 2. The van der Waals surface area contributed by atoms with Crippen LogP contribution in [0.5, 0.6) is 0 Å². The number of hydrogen-bond acceptors (Lipinski definition) is 9. The van der Waals surface area contributed by atoms with Gasteiger partial charge in [0.05, 0.1) is 36.4 Å². The molecule has 13 heteroatoms. The number of pyridine rings is 1. The number of benzene rings is 1. The fraction of sp³-hybridized carbons (Fsp3) is 0.321. The fourth-order valence-corrected chi connectivity index (χ4v) is 5.24. The number of nitriles is 1. The van der Waals surface area contributed by atoms with Gasteiger partial charge in [-0.3, -0.25) is 9.78 Å². The molecule has 0 saturated carbocycles. The van der Waals surface area contributed by atoms with Gasteiger partial charge in [-0.25, -0.2) is 14.6 Å². The Morgan fingerprint density at radius 1 is 1.07 bits per heavy atom. The maximum Gasteiger partial charge on any atom is 0.255 e. The molecule has 0 bridgehead atoms. The molecule has 208 valence electrons. The van der Waals surface area contributed by atoms with Crippen LogP contribution >= 0.6 is 0 Å². The van der Waals surface area contributed by atoms with Gasteiger partial charge < -0.3 is 25.6 Å². The van der Waals surface area contributed by atoms with Crippen molar-refractivity contribution in [1.29, 1.82) is 5.26 Å². The number of carbonyl (C=O) groups excluding carboxylic acids is 1. The molecular formula is C28H29N11O2. The number of rotatable bonds is 5. The number of carbonyl (C=O) groups is 1. The standard InChI is InChI=1S/C28H29N11O2/c29-18-32-28(30)34-21-5-3-19(4-6-21)24-35-25(37-12-14-41-15-13-37)23-17-33-39(26(23)36-24)22-7-10-38(11-8-22)27(40)20-2-1-9-31-16-20/h1-6,9,16-17,22H,7-8,10-15H2,(H3,30,32,34). The van der Waals surface area contributed by atoms with Crippen LogP contribution in [-0.2, 0) is 4.74 Å². The molecule has 2 aliphatic heterocycles. The molecule has 0 unspecified atom stereocenters. The van der Waals surface area contributed by atoms with E-state index in [-0.39, 0.29) is 17.9 Å². The number of anilines is 2. The number of nitrogens with one attached hydrogen (secondary N) is 1. The normalized spacial score (nSPS) is 16.5. The number of aliphatic imine (C=N–C) groups is 1. The smallest absolute Gasteiger partial charge is 0.255 e. The Morgan fingerprint density at radius 3 is 2.56 bits per heavy atom. The molecule has 13 nitrogen and oxygen atoms in total. The lowest BCUT2D eigenvalue weighted by molar-refractivity contribution is 0.0691. The first kappa shape index (κ1) is 26.1. The van der Waals surface area contributed by atoms with Crippen LogP contribution in [0, 0.1) is 11.5 Å². The number of guanidine groups is 1. The second-order valence-corrected chi connectivity index (χ2v) is 9.86. The minimum absolute atomic E-state index is 0.000299. The summed E-state index contributed by atoms with van der Waals surface area (Å²) in [6.07, 6.45) is 8.32. The highest BCUT2D eigenvalue weighted by atomic mass is 16.5. The summed E-state index contributed by atoms with van der Waals surface area (Å²) in [6, 6.07) is 11.1. The van der Waals surface area contributed by atoms with Crippen molar-refractivity contribution < 1.29 is 9.53 Å². The van der Waals surface area contributed by atoms with Crippen molar-refractivity contribution >= 4 is 34.4 Å². The van der Waals surface area contributed by atoms with Crippen LogP contribution in [0.25, 0.3) is 22.4 Å². The van der Waals surface area contributed by atoms with Crippen LogP contribution in [0.15, 0.2) is 60.0 Å². The topological polar surface area (TPSA) is 163 Å². The van der Waals surface area contributed by atoms with Gasteiger partial charge in [-0.05, 0) is 49.2 Å². The highest BCUT2D eigenvalue weighted by molar-refractivity contribution is 5.94. The van der Waals surface area contributed by atoms with E-state index in [1.54, 1.807) is 30.7 Å². The van der Waals surface area contributed by atoms with E-state index < -0.39 is 0 Å². The van der Waals surface area contributed by atoms with Crippen LogP contribution in [-0.4, -0.2) is 80.9 Å². The Hall–Kier alpha value is -5.09. The van der Waals surface area contributed by atoms with E-state index in [0.29, 0.717) is 43.4 Å². The van der Waals surface area contributed by atoms with Gasteiger partial charge in [0, 0.05) is 49.8 Å². The van der Waals surface area contributed by atoms with Crippen molar-refractivity contribution in [3.8, 4) is 17.6 Å². The Kier molecular flexibility index (Phi) is 7.38. The van der Waals surface area contributed by atoms with Crippen molar-refractivity contribution in [3.63, 3.8) is 0 Å². The molecule has 0 aliphatic carbocycles. The SMILES string of the molecule is N#C/N=C(/N)Nc1ccc(-c2nc(N3CCOCC3)c3cnn(C4CCN(C(=O)c5cccnc5)CC4)c3n2)cc1. The molecule has 3 aromatic heterocycles. The third-order valence-electron chi connectivity index (χ3n) is 7.34. The molecule has 0 atom stereocenters. The van der Waals surface area contributed by atoms with E-state index in [0.717, 1.165) is 48.3 Å². The Bertz CT molecular complexity index is 1600. The van der Waals surface area contributed by atoms with Crippen LogP contribution in [0.2, 0.25) is 0 Å². The Morgan fingerprint density at radius 2 is 1.85 bits per heavy atom. The zero-order valence-electron chi connectivity index (χ0n) is 22.3. The second-order valence-electron chi connectivity index (χ2n) is 9.86. The van der Waals surface area contributed by atoms with Gasteiger partial charge in [-0.1, -0.05) is 0 Å². The van der Waals surface area contributed by atoms with E-state index in [4.69, 9.17) is 30.8 Å². The lowest BCUT2D eigenvalue weighted by atomic mass is 10.0. The summed E-state index contributed by atoms with van der Waals surface area (Å²) in [5.74, 6) is 1.43. The van der Waals surface area contributed by atoms with E-state index in [1.165, 1.54) is 0 Å². The number of ether oxygens (including phenoxy) is 1. The molecule has 1 aromatic carbocycles. The van der Waals surface area contributed by atoms with Gasteiger partial charge in [-0.15, -0.1) is 4.99 Å². The predicted octanol–water partition coefficient (Wildman–Crippen LogP) is 2.41. The summed E-state index contributed by atoms with van der Waals surface area (Å²) < 4.78 is 7.57. The summed E-state index contributed by atoms with van der Waals surface area (Å²) in [5, 5.41) is 17.3. The number of piperidine rings is 1. The molecule has 3 N–H and O–H groups in total. The second kappa shape index (κ2) is 11.6. The van der Waals surface area contributed by atoms with Gasteiger partial charge in [-0.2, -0.15) is 10.4 Å². The lowest BCUT2D eigenvalue weighted by Gasteiger charge is -2.32. The van der Waals surface area contributed by atoms with Crippen molar-refractivity contribution in [2.45, 2.75) is 18.9 Å². The van der Waals surface area contributed by atoms with Gasteiger partial charge in [0.2, 0.25) is 12.2 Å². The zero-order valence-corrected chi connectivity index (χ0v) is 22.3. The quantitative estimate of drug-likeness (QED) is 0.214. The lowest BCUT2D eigenvalue weighted by Crippen LogP contribution is -2.39. The first-order valence-electron chi connectivity index (χ1n) is 13.5. The average Bonchev–Trinajstić information content (AvgIpc) is 3.46. The molecule has 2 aliphatic rings. The third-order valence-corrected chi connectivity index (χ3v) is 7.34. The summed E-state index contributed by atoms with van der Waals surface area (Å²) in [4.78, 5) is 34.6. The number of likely N-dealkylation sites (tertiary alicyclic amines) is 1. The largest absolute Gasteiger partial charge is 0.378 e. The first-order chi connectivity index (χ1) is 20.1. The third kappa shape index (κ3) is 5.50. The number of morpholine rings is 1. The number of aromatic nitrogens is 5. The van der Waals surface area contributed by atoms with Crippen molar-refractivity contribution in [2.75, 3.05) is 49.6 Å². The highest BCUT2D eigenvalue weighted by Gasteiger charge is 2.28. The molecule has 6 rings (SSSR count). The molecular weight excluding hydrogens is 522 g/mol. The summed E-state index contributed by atoms with van der Waals surface area (Å²) in [5.41, 5.74) is 8.59. The minimum Gasteiger partial charge on any atom is -0.378 e. The molecule has 2 saturated heterocycles. The van der Waals surface area contributed by atoms with Crippen molar-refractivity contribution in [3.05, 3.63) is 60.6 Å². The minimum atomic E-state index is -0.000299. The van der Waals surface area contributed by atoms with E-state index in [2.05, 4.69) is 20.2 Å². The van der Waals surface area contributed by atoms with E-state index in [9.17, 15) is 4.79 Å². The molecule has 0 radical (unpaired) electrons. The van der Waals surface area contributed by atoms with Crippen LogP contribution in [0.3, 0.4) is 0 Å². The monoisotopic (exact) mass is 551 g/mol. The summed E-state index contributed by atoms with van der Waals surface area (Å²) >= 11 is 0. The van der Waals surface area contributed by atoms with Crippen molar-refractivity contribution in [2.24, 2.45) is 10.7 Å². The van der Waals surface area contributed by atoms with Gasteiger partial charge in [0.25, 0.3) is 5.91 Å². The molecule has 1 amide bonds. The molecule has 4 aromatic rings. The van der Waals surface area contributed by atoms with Crippen molar-refractivity contribution in [1.82, 2.24) is 29.6 Å². The number of nitrogens with two attached hydrogens (primary N) is 1. The molecule has 2 fully saturated rings. The number of nitrogens with zero attached hydrogens (tertiary/aromatic N) is 9. The van der Waals surface area contributed by atoms with Crippen LogP contribution < -0.4 is 16.0 Å². The van der Waals surface area contributed by atoms with E-state index >= 15 is 0 Å². The molecule has 0 spiro atoms. The van der Waals surface area contributed by atoms with Gasteiger partial charge in [0.1, 0.15) is 5.82 Å². The average molecular weight is 552 g/mol. The molecule has 41 heavy (non-hydrogen) atoms. The van der Waals surface area contributed by atoms with Crippen LogP contribution in [0.4, 0.5) is 11.5 Å². The maximum absolute atomic E-state index is 12.9. The van der Waals surface area contributed by atoms with Crippen LogP contribution in [0.1, 0.15) is 29.2 Å². The van der Waals surface area contributed by atoms with Gasteiger partial charge in [0.15, 0.2) is 11.5 Å². The van der Waals surface area contributed by atoms with E-state index in [1.807, 2.05) is 40.0 Å². The summed E-state index contributed by atoms with van der Waals surface area (Å²) in [6.45, 7) is 3.97.